The monoisotopic (exact) mass is 574 g/mol. The zero-order valence-electron chi connectivity index (χ0n) is 22.6. The van der Waals surface area contributed by atoms with Gasteiger partial charge in [-0.25, -0.2) is 0 Å². The van der Waals surface area contributed by atoms with Crippen molar-refractivity contribution in [2.75, 3.05) is 19.0 Å². The molecule has 3 aliphatic carbocycles. The maximum atomic E-state index is 12.8. The van der Waals surface area contributed by atoms with Gasteiger partial charge < -0.3 is 14.2 Å². The second kappa shape index (κ2) is 11.4. The zero-order valence-corrected chi connectivity index (χ0v) is 24.2. The summed E-state index contributed by atoms with van der Waals surface area (Å²) in [5, 5.41) is 1.02. The Morgan fingerprint density at radius 1 is 1.11 bits per heavy atom. The maximum absolute atomic E-state index is 12.8. The molecule has 5 rings (SSSR count). The molecule has 0 bridgehead atoms. The Bertz CT molecular complexity index is 994. The molecule has 0 aromatic heterocycles. The number of methoxy groups -OCH3 is 1. The summed E-state index contributed by atoms with van der Waals surface area (Å²) in [4.78, 5) is 25.5. The number of hydrogen-bond acceptors (Lipinski definition) is 5. The predicted octanol–water partition coefficient (Wildman–Crippen LogP) is 7.13. The SMILES string of the molecule is COC(=O)C1CCCOC1(CCCCCCBr)Oc1ccc2c(c1)CC[C@@H]1[C@@H]2CC[C@]2(C)C(=O)CC[C@@H]12. The molecule has 2 unspecified atom stereocenters. The highest BCUT2D eigenvalue weighted by Crippen LogP contribution is 2.59. The molecule has 0 N–H and O–H groups in total. The topological polar surface area (TPSA) is 61.8 Å². The van der Waals surface area contributed by atoms with Crippen molar-refractivity contribution in [2.24, 2.45) is 23.2 Å². The Balaban J connectivity index is 1.36. The van der Waals surface area contributed by atoms with Gasteiger partial charge in [-0.1, -0.05) is 41.8 Å². The largest absolute Gasteiger partial charge is 0.469 e. The highest BCUT2D eigenvalue weighted by atomic mass is 79.9. The number of benzene rings is 1. The number of hydrogen-bond donors (Lipinski definition) is 0. The van der Waals surface area contributed by atoms with Gasteiger partial charge in [0.1, 0.15) is 17.5 Å². The third-order valence-electron chi connectivity index (χ3n) is 10.1. The number of ether oxygens (including phenoxy) is 3. The number of ketones is 1. The van der Waals surface area contributed by atoms with E-state index in [9.17, 15) is 9.59 Å². The van der Waals surface area contributed by atoms with Gasteiger partial charge in [-0.05, 0) is 98.8 Å². The van der Waals surface area contributed by atoms with Crippen LogP contribution < -0.4 is 4.74 Å². The van der Waals surface area contributed by atoms with Crippen LogP contribution in [-0.2, 0) is 25.5 Å². The molecule has 0 radical (unpaired) electrons. The van der Waals surface area contributed by atoms with Crippen LogP contribution in [0.15, 0.2) is 18.2 Å². The van der Waals surface area contributed by atoms with E-state index in [-0.39, 0.29) is 11.4 Å². The first-order valence-electron chi connectivity index (χ1n) is 14.5. The van der Waals surface area contributed by atoms with Crippen LogP contribution in [0.3, 0.4) is 0 Å². The summed E-state index contributed by atoms with van der Waals surface area (Å²) in [6, 6.07) is 6.56. The highest BCUT2D eigenvalue weighted by molar-refractivity contribution is 9.09. The average Bonchev–Trinajstić information content (AvgIpc) is 3.22. The van der Waals surface area contributed by atoms with Gasteiger partial charge in [0.05, 0.1) is 13.7 Å². The fourth-order valence-corrected chi connectivity index (χ4v) is 8.50. The molecule has 0 amide bonds. The van der Waals surface area contributed by atoms with E-state index in [1.54, 1.807) is 0 Å². The van der Waals surface area contributed by atoms with Gasteiger partial charge in [0.2, 0.25) is 5.79 Å². The molecule has 1 heterocycles. The fourth-order valence-electron chi connectivity index (χ4n) is 8.10. The van der Waals surface area contributed by atoms with Crippen LogP contribution in [0.5, 0.6) is 5.75 Å². The standard InChI is InChI=1S/C31H43BrO5/c1-30-17-15-24-23-12-10-22(20-21(23)9-11-25(24)26(30)13-14-28(30)33)37-31(16-5-3-4-6-18-32)27(29(34)35-2)8-7-19-36-31/h10,12,20,24-27H,3-9,11,13-19H2,1-2H3/t24-,25-,26+,27?,30+,31?/m1/s1. The molecule has 6 heteroatoms. The number of fused-ring (bicyclic) bond motifs is 5. The number of alkyl halides is 1. The first-order chi connectivity index (χ1) is 17.9. The van der Waals surface area contributed by atoms with Crippen LogP contribution in [0.25, 0.3) is 0 Å². The van der Waals surface area contributed by atoms with Gasteiger partial charge in [0, 0.05) is 23.6 Å². The van der Waals surface area contributed by atoms with Crippen LogP contribution in [-0.4, -0.2) is 36.6 Å². The van der Waals surface area contributed by atoms with Crippen molar-refractivity contribution in [1.29, 1.82) is 0 Å². The van der Waals surface area contributed by atoms with E-state index in [2.05, 4.69) is 41.1 Å². The minimum atomic E-state index is -0.970. The molecule has 1 aliphatic heterocycles. The maximum Gasteiger partial charge on any atom is 0.315 e. The summed E-state index contributed by atoms with van der Waals surface area (Å²) < 4.78 is 18.3. The van der Waals surface area contributed by atoms with Crippen LogP contribution in [0.2, 0.25) is 0 Å². The lowest BCUT2D eigenvalue weighted by atomic mass is 9.55. The lowest BCUT2D eigenvalue weighted by molar-refractivity contribution is -0.246. The summed E-state index contributed by atoms with van der Waals surface area (Å²) in [7, 11) is 1.46. The van der Waals surface area contributed by atoms with E-state index >= 15 is 0 Å². The molecule has 1 saturated heterocycles. The summed E-state index contributed by atoms with van der Waals surface area (Å²) in [6.07, 6.45) is 12.7. The zero-order chi connectivity index (χ0) is 26.0. The second-order valence-electron chi connectivity index (χ2n) is 12.0. The summed E-state index contributed by atoms with van der Waals surface area (Å²) in [6.45, 7) is 2.83. The average molecular weight is 576 g/mol. The minimum Gasteiger partial charge on any atom is -0.469 e. The molecule has 0 spiro atoms. The molecular formula is C31H43BrO5. The smallest absolute Gasteiger partial charge is 0.315 e. The lowest BCUT2D eigenvalue weighted by Crippen LogP contribution is -2.53. The van der Waals surface area contributed by atoms with E-state index in [0.29, 0.717) is 36.6 Å². The molecule has 1 aromatic carbocycles. The van der Waals surface area contributed by atoms with Crippen molar-refractivity contribution in [3.8, 4) is 5.75 Å². The lowest BCUT2D eigenvalue weighted by Gasteiger charge is -2.48. The van der Waals surface area contributed by atoms with Gasteiger partial charge in [-0.15, -0.1) is 0 Å². The number of unbranched alkanes of at least 4 members (excludes halogenated alkanes) is 3. The number of carbonyl (C=O) groups excluding carboxylic acids is 2. The van der Waals surface area contributed by atoms with Gasteiger partial charge in [-0.3, -0.25) is 9.59 Å². The normalized spacial score (nSPS) is 34.8. The fraction of sp³-hybridized carbons (Fsp3) is 0.742. The van der Waals surface area contributed by atoms with E-state index in [1.807, 2.05) is 0 Å². The number of carbonyl (C=O) groups is 2. The van der Waals surface area contributed by atoms with Crippen molar-refractivity contribution in [3.05, 3.63) is 29.3 Å². The highest BCUT2D eigenvalue weighted by Gasteiger charge is 2.54. The van der Waals surface area contributed by atoms with E-state index < -0.39 is 11.7 Å². The van der Waals surface area contributed by atoms with E-state index in [0.717, 1.165) is 88.1 Å². The quantitative estimate of drug-likeness (QED) is 0.178. The van der Waals surface area contributed by atoms with Crippen molar-refractivity contribution in [3.63, 3.8) is 0 Å². The first kappa shape index (κ1) is 27.2. The third-order valence-corrected chi connectivity index (χ3v) is 10.7. The van der Waals surface area contributed by atoms with Crippen molar-refractivity contribution < 1.29 is 23.8 Å². The Morgan fingerprint density at radius 2 is 1.95 bits per heavy atom. The molecule has 204 valence electrons. The van der Waals surface area contributed by atoms with Crippen molar-refractivity contribution >= 4 is 27.7 Å². The Morgan fingerprint density at radius 3 is 2.76 bits per heavy atom. The van der Waals surface area contributed by atoms with E-state index in [4.69, 9.17) is 14.2 Å². The molecule has 1 aromatic rings. The van der Waals surface area contributed by atoms with E-state index in [1.165, 1.54) is 18.2 Å². The molecule has 6 atom stereocenters. The number of rotatable bonds is 9. The van der Waals surface area contributed by atoms with Crippen molar-refractivity contribution in [1.82, 2.24) is 0 Å². The first-order valence-corrected chi connectivity index (χ1v) is 15.7. The molecule has 5 nitrogen and oxygen atoms in total. The Labute approximate surface area is 230 Å². The second-order valence-corrected chi connectivity index (χ2v) is 12.8. The van der Waals surface area contributed by atoms with Gasteiger partial charge >= 0.3 is 5.97 Å². The Kier molecular flexibility index (Phi) is 8.36. The number of esters is 1. The number of aryl methyl sites for hydroxylation is 1. The van der Waals surface area contributed by atoms with Crippen molar-refractivity contribution in [2.45, 2.75) is 102 Å². The molecule has 37 heavy (non-hydrogen) atoms. The molecule has 4 aliphatic rings. The number of Topliss-reactive ketones (excluding diaryl/α,β-unsaturated/α-hetero) is 1. The summed E-state index contributed by atoms with van der Waals surface area (Å²) in [5.74, 6) is 1.35. The van der Waals surface area contributed by atoms with Gasteiger partial charge in [0.15, 0.2) is 0 Å². The van der Waals surface area contributed by atoms with Crippen LogP contribution in [0, 0.1) is 23.2 Å². The Hall–Kier alpha value is -1.40. The molecule has 2 saturated carbocycles. The van der Waals surface area contributed by atoms with Gasteiger partial charge in [-0.2, -0.15) is 0 Å². The summed E-state index contributed by atoms with van der Waals surface area (Å²) >= 11 is 3.52. The van der Waals surface area contributed by atoms with Crippen LogP contribution in [0.1, 0.15) is 101 Å². The minimum absolute atomic E-state index is 0.0934. The number of halogens is 1. The van der Waals surface area contributed by atoms with Crippen LogP contribution >= 0.6 is 15.9 Å². The predicted molar refractivity (Wildman–Crippen MR) is 147 cm³/mol. The van der Waals surface area contributed by atoms with Crippen LogP contribution in [0.4, 0.5) is 0 Å². The molecular weight excluding hydrogens is 532 g/mol. The third kappa shape index (κ3) is 5.14. The van der Waals surface area contributed by atoms with Gasteiger partial charge in [0.25, 0.3) is 0 Å². The summed E-state index contributed by atoms with van der Waals surface area (Å²) in [5.41, 5.74) is 2.72. The molecule has 3 fully saturated rings.